The lowest BCUT2D eigenvalue weighted by Gasteiger charge is -2.26. The second kappa shape index (κ2) is 9.92. The van der Waals surface area contributed by atoms with Gasteiger partial charge in [-0.1, -0.05) is 50.1 Å². The molecule has 2 aliphatic carbocycles. The SMILES string of the molecule is CC1CCC(c2ccc(CCC(=O)OCCC3=CCC(N)C=C3N)cc2)CC1. The zero-order chi connectivity index (χ0) is 19.9. The maximum absolute atomic E-state index is 12.0. The van der Waals surface area contributed by atoms with Crippen molar-refractivity contribution >= 4 is 5.97 Å². The van der Waals surface area contributed by atoms with Crippen LogP contribution in [0.25, 0.3) is 0 Å². The van der Waals surface area contributed by atoms with Crippen LogP contribution in [0.4, 0.5) is 0 Å². The number of aryl methyl sites for hydroxylation is 1. The quantitative estimate of drug-likeness (QED) is 0.687. The molecule has 0 heterocycles. The number of carbonyl (C=O) groups is 1. The molecule has 0 spiro atoms. The van der Waals surface area contributed by atoms with E-state index in [1.807, 2.05) is 12.2 Å². The lowest BCUT2D eigenvalue weighted by atomic mass is 9.79. The molecule has 1 fully saturated rings. The highest BCUT2D eigenvalue weighted by Crippen LogP contribution is 2.35. The van der Waals surface area contributed by atoms with E-state index in [2.05, 4.69) is 31.2 Å². The molecular weight excluding hydrogens is 348 g/mol. The van der Waals surface area contributed by atoms with Gasteiger partial charge >= 0.3 is 5.97 Å². The molecule has 28 heavy (non-hydrogen) atoms. The van der Waals surface area contributed by atoms with Gasteiger partial charge in [0, 0.05) is 24.6 Å². The summed E-state index contributed by atoms with van der Waals surface area (Å²) < 4.78 is 5.38. The molecule has 1 aromatic carbocycles. The van der Waals surface area contributed by atoms with E-state index >= 15 is 0 Å². The van der Waals surface area contributed by atoms with Gasteiger partial charge in [0.25, 0.3) is 0 Å². The van der Waals surface area contributed by atoms with Gasteiger partial charge in [-0.2, -0.15) is 0 Å². The lowest BCUT2D eigenvalue weighted by Crippen LogP contribution is -2.22. The van der Waals surface area contributed by atoms with Crippen LogP contribution in [0.5, 0.6) is 0 Å². The standard InChI is InChI=1S/C24H34N2O2/c1-17-2-7-19(8-3-17)20-9-4-18(5-10-20)6-13-24(27)28-15-14-21-11-12-22(25)16-23(21)26/h4-5,9-11,16-17,19,22H,2-3,6-8,12-15,25-26H2,1H3. The topological polar surface area (TPSA) is 78.3 Å². The number of hydrogen-bond acceptors (Lipinski definition) is 4. The fourth-order valence-electron chi connectivity index (χ4n) is 4.19. The van der Waals surface area contributed by atoms with Gasteiger partial charge in [0.05, 0.1) is 6.61 Å². The van der Waals surface area contributed by atoms with Gasteiger partial charge in [0.2, 0.25) is 0 Å². The summed E-state index contributed by atoms with van der Waals surface area (Å²) in [5.41, 5.74) is 16.2. The van der Waals surface area contributed by atoms with Crippen LogP contribution in [0.1, 0.15) is 68.9 Å². The van der Waals surface area contributed by atoms with E-state index in [0.717, 1.165) is 24.3 Å². The monoisotopic (exact) mass is 382 g/mol. The molecule has 1 aromatic rings. The summed E-state index contributed by atoms with van der Waals surface area (Å²) in [4.78, 5) is 12.0. The fraction of sp³-hybridized carbons (Fsp3) is 0.542. The van der Waals surface area contributed by atoms with Crippen LogP contribution in [0.15, 0.2) is 47.7 Å². The fourth-order valence-corrected chi connectivity index (χ4v) is 4.19. The highest BCUT2D eigenvalue weighted by molar-refractivity contribution is 5.69. The van der Waals surface area contributed by atoms with Crippen LogP contribution in [0.3, 0.4) is 0 Å². The van der Waals surface area contributed by atoms with Crippen molar-refractivity contribution in [3.8, 4) is 0 Å². The average molecular weight is 383 g/mol. The molecule has 3 rings (SSSR count). The third-order valence-corrected chi connectivity index (χ3v) is 6.12. The minimum Gasteiger partial charge on any atom is -0.465 e. The molecular formula is C24H34N2O2. The summed E-state index contributed by atoms with van der Waals surface area (Å²) in [6, 6.07) is 8.83. The number of nitrogens with two attached hydrogens (primary N) is 2. The Labute approximate surface area is 169 Å². The first-order chi connectivity index (χ1) is 13.5. The molecule has 0 amide bonds. The minimum absolute atomic E-state index is 0.000590. The first-order valence-electron chi connectivity index (χ1n) is 10.7. The Morgan fingerprint density at radius 1 is 1.11 bits per heavy atom. The van der Waals surface area contributed by atoms with E-state index in [9.17, 15) is 4.79 Å². The Morgan fingerprint density at radius 2 is 1.82 bits per heavy atom. The number of carbonyl (C=O) groups excluding carboxylic acids is 1. The largest absolute Gasteiger partial charge is 0.465 e. The van der Waals surface area contributed by atoms with Crippen LogP contribution in [-0.2, 0) is 16.0 Å². The highest BCUT2D eigenvalue weighted by Gasteiger charge is 2.19. The molecule has 152 valence electrons. The Morgan fingerprint density at radius 3 is 2.50 bits per heavy atom. The smallest absolute Gasteiger partial charge is 0.306 e. The second-order valence-corrected chi connectivity index (χ2v) is 8.42. The molecule has 2 aliphatic rings. The number of allylic oxidation sites excluding steroid dienone is 1. The van der Waals surface area contributed by atoms with E-state index in [1.54, 1.807) is 0 Å². The van der Waals surface area contributed by atoms with Gasteiger partial charge < -0.3 is 16.2 Å². The van der Waals surface area contributed by atoms with Crippen molar-refractivity contribution in [1.82, 2.24) is 0 Å². The summed E-state index contributed by atoms with van der Waals surface area (Å²) >= 11 is 0. The zero-order valence-electron chi connectivity index (χ0n) is 17.0. The van der Waals surface area contributed by atoms with Crippen LogP contribution in [-0.4, -0.2) is 18.6 Å². The minimum atomic E-state index is -0.152. The van der Waals surface area contributed by atoms with Crippen molar-refractivity contribution in [2.75, 3.05) is 6.61 Å². The maximum atomic E-state index is 12.0. The van der Waals surface area contributed by atoms with Crippen molar-refractivity contribution < 1.29 is 9.53 Å². The van der Waals surface area contributed by atoms with Crippen LogP contribution in [0, 0.1) is 5.92 Å². The predicted molar refractivity (Wildman–Crippen MR) is 114 cm³/mol. The summed E-state index contributed by atoms with van der Waals surface area (Å²) in [7, 11) is 0. The van der Waals surface area contributed by atoms with E-state index in [0.29, 0.717) is 31.1 Å². The van der Waals surface area contributed by atoms with Gasteiger partial charge in [-0.15, -0.1) is 0 Å². The molecule has 1 unspecified atom stereocenters. The molecule has 1 saturated carbocycles. The molecule has 0 radical (unpaired) electrons. The Hall–Kier alpha value is -2.07. The van der Waals surface area contributed by atoms with Crippen LogP contribution < -0.4 is 11.5 Å². The normalized spacial score (nSPS) is 25.0. The van der Waals surface area contributed by atoms with E-state index in [1.165, 1.54) is 36.8 Å². The van der Waals surface area contributed by atoms with Gasteiger partial charge in [-0.25, -0.2) is 0 Å². The molecule has 4 N–H and O–H groups in total. The van der Waals surface area contributed by atoms with Crippen LogP contribution >= 0.6 is 0 Å². The van der Waals surface area contributed by atoms with Crippen LogP contribution in [0.2, 0.25) is 0 Å². The molecule has 0 aliphatic heterocycles. The van der Waals surface area contributed by atoms with Crippen molar-refractivity contribution in [2.24, 2.45) is 17.4 Å². The van der Waals surface area contributed by atoms with Crippen molar-refractivity contribution in [3.63, 3.8) is 0 Å². The molecule has 4 heteroatoms. The first kappa shape index (κ1) is 20.7. The molecule has 0 saturated heterocycles. The van der Waals surface area contributed by atoms with Crippen molar-refractivity contribution in [2.45, 2.75) is 70.3 Å². The van der Waals surface area contributed by atoms with Crippen molar-refractivity contribution in [3.05, 3.63) is 58.8 Å². The predicted octanol–water partition coefficient (Wildman–Crippen LogP) is 4.35. The molecule has 1 atom stereocenters. The Bertz CT molecular complexity index is 713. The summed E-state index contributed by atoms with van der Waals surface area (Å²) in [6.07, 6.45) is 11.8. The third kappa shape index (κ3) is 5.96. The van der Waals surface area contributed by atoms with E-state index in [4.69, 9.17) is 16.2 Å². The molecule has 0 aromatic heterocycles. The number of ether oxygens (including phenoxy) is 1. The maximum Gasteiger partial charge on any atom is 0.306 e. The van der Waals surface area contributed by atoms with Gasteiger partial charge in [0.15, 0.2) is 0 Å². The Kier molecular flexibility index (Phi) is 7.32. The average Bonchev–Trinajstić information content (AvgIpc) is 2.69. The summed E-state index contributed by atoms with van der Waals surface area (Å²) in [6.45, 7) is 2.72. The van der Waals surface area contributed by atoms with Gasteiger partial charge in [-0.3, -0.25) is 4.79 Å². The lowest BCUT2D eigenvalue weighted by molar-refractivity contribution is -0.143. The zero-order valence-corrected chi connectivity index (χ0v) is 17.0. The van der Waals surface area contributed by atoms with E-state index < -0.39 is 0 Å². The van der Waals surface area contributed by atoms with Gasteiger partial charge in [-0.05, 0) is 60.3 Å². The Balaban J connectivity index is 1.37. The third-order valence-electron chi connectivity index (χ3n) is 6.12. The van der Waals surface area contributed by atoms with Crippen molar-refractivity contribution in [1.29, 1.82) is 0 Å². The number of esters is 1. The summed E-state index contributed by atoms with van der Waals surface area (Å²) in [5, 5.41) is 0. The highest BCUT2D eigenvalue weighted by atomic mass is 16.5. The first-order valence-corrected chi connectivity index (χ1v) is 10.7. The molecule has 0 bridgehead atoms. The summed E-state index contributed by atoms with van der Waals surface area (Å²) in [5.74, 6) is 1.43. The van der Waals surface area contributed by atoms with E-state index in [-0.39, 0.29) is 12.0 Å². The number of benzene rings is 1. The van der Waals surface area contributed by atoms with Gasteiger partial charge in [0.1, 0.15) is 0 Å². The molecule has 4 nitrogen and oxygen atoms in total. The second-order valence-electron chi connectivity index (χ2n) is 8.42. The number of rotatable bonds is 7. The number of hydrogen-bond donors (Lipinski definition) is 2.